The van der Waals surface area contributed by atoms with Gasteiger partial charge in [-0.25, -0.2) is 0 Å². The molecule has 0 nitrogen and oxygen atoms in total. The van der Waals surface area contributed by atoms with Crippen LogP contribution < -0.4 is 15.9 Å². The van der Waals surface area contributed by atoms with Gasteiger partial charge in [-0.15, -0.1) is 0 Å². The summed E-state index contributed by atoms with van der Waals surface area (Å²) in [7, 11) is -0.857. The van der Waals surface area contributed by atoms with Gasteiger partial charge in [-0.2, -0.15) is 0 Å². The minimum Gasteiger partial charge on any atom is -0.0622 e. The molecular weight excluding hydrogens is 836 g/mol. The molecule has 0 spiro atoms. The molecule has 14 rings (SSSR count). The first-order valence-corrected chi connectivity index (χ1v) is 25.2. The van der Waals surface area contributed by atoms with E-state index in [2.05, 4.69) is 250 Å². The van der Waals surface area contributed by atoms with Crippen molar-refractivity contribution in [1.29, 1.82) is 0 Å². The molecular formula is C67H45P. The van der Waals surface area contributed by atoms with Gasteiger partial charge in [0, 0.05) is 5.41 Å². The van der Waals surface area contributed by atoms with E-state index in [1.54, 1.807) is 0 Å². The molecule has 0 heterocycles. The lowest BCUT2D eigenvalue weighted by Crippen LogP contribution is -2.22. The minimum absolute atomic E-state index is 0.229. The van der Waals surface area contributed by atoms with Gasteiger partial charge in [0.25, 0.3) is 0 Å². The Morgan fingerprint density at radius 2 is 0.779 bits per heavy atom. The van der Waals surface area contributed by atoms with Gasteiger partial charge < -0.3 is 0 Å². The number of hydrogen-bond acceptors (Lipinski definition) is 0. The maximum atomic E-state index is 2.58. The van der Waals surface area contributed by atoms with Crippen molar-refractivity contribution in [2.75, 3.05) is 0 Å². The largest absolute Gasteiger partial charge is 0.0622 e. The molecule has 0 aliphatic heterocycles. The molecule has 0 radical (unpaired) electrons. The van der Waals surface area contributed by atoms with Gasteiger partial charge in [0.05, 0.1) is 0 Å². The lowest BCUT2D eigenvalue weighted by atomic mass is 9.79. The minimum atomic E-state index is -0.857. The Morgan fingerprint density at radius 3 is 1.38 bits per heavy atom. The average molecular weight is 881 g/mol. The Morgan fingerprint density at radius 1 is 0.294 bits per heavy atom. The summed E-state index contributed by atoms with van der Waals surface area (Å²) < 4.78 is 0. The van der Waals surface area contributed by atoms with E-state index in [4.69, 9.17) is 0 Å². The van der Waals surface area contributed by atoms with Crippen LogP contribution in [0.2, 0.25) is 0 Å². The first-order chi connectivity index (χ1) is 33.5. The van der Waals surface area contributed by atoms with Crippen LogP contribution in [0.15, 0.2) is 237 Å². The zero-order valence-corrected chi connectivity index (χ0v) is 38.9. The van der Waals surface area contributed by atoms with Gasteiger partial charge in [-0.05, 0) is 157 Å². The average Bonchev–Trinajstić information content (AvgIpc) is 3.84. The third-order valence-corrected chi connectivity index (χ3v) is 17.7. The van der Waals surface area contributed by atoms with Gasteiger partial charge in [0.15, 0.2) is 0 Å². The van der Waals surface area contributed by atoms with E-state index in [0.717, 1.165) is 0 Å². The van der Waals surface area contributed by atoms with Crippen molar-refractivity contribution in [3.05, 3.63) is 248 Å². The molecule has 318 valence electrons. The molecule has 68 heavy (non-hydrogen) atoms. The molecule has 0 bridgehead atoms. The normalized spacial score (nSPS) is 13.1. The molecule has 2 aliphatic rings. The fraction of sp³-hybridized carbons (Fsp3) is 0.0448. The van der Waals surface area contributed by atoms with Crippen molar-refractivity contribution >= 4 is 66.9 Å². The Balaban J connectivity index is 0.929. The van der Waals surface area contributed by atoms with Crippen LogP contribution in [0, 0.1) is 0 Å². The molecule has 12 aromatic carbocycles. The molecule has 1 heteroatoms. The summed E-state index contributed by atoms with van der Waals surface area (Å²) in [6.45, 7) is 4.89. The second-order valence-corrected chi connectivity index (χ2v) is 21.3. The summed E-state index contributed by atoms with van der Waals surface area (Å²) in [4.78, 5) is 0. The van der Waals surface area contributed by atoms with Crippen LogP contribution in [0.3, 0.4) is 0 Å². The van der Waals surface area contributed by atoms with E-state index < -0.39 is 7.92 Å². The van der Waals surface area contributed by atoms with E-state index in [0.29, 0.717) is 0 Å². The number of hydrogen-bond donors (Lipinski definition) is 0. The van der Waals surface area contributed by atoms with Crippen LogP contribution in [-0.4, -0.2) is 0 Å². The van der Waals surface area contributed by atoms with Crippen LogP contribution in [0.4, 0.5) is 0 Å². The van der Waals surface area contributed by atoms with Gasteiger partial charge in [-0.3, -0.25) is 0 Å². The zero-order valence-electron chi connectivity index (χ0n) is 38.0. The maximum Gasteiger partial charge on any atom is 0.0159 e. The number of benzene rings is 12. The predicted molar refractivity (Wildman–Crippen MR) is 293 cm³/mol. The van der Waals surface area contributed by atoms with Gasteiger partial charge >= 0.3 is 0 Å². The summed E-state index contributed by atoms with van der Waals surface area (Å²) in [5.41, 5.74) is 18.3. The van der Waals surface area contributed by atoms with Crippen molar-refractivity contribution in [3.8, 4) is 66.8 Å². The molecule has 0 aromatic heterocycles. The third kappa shape index (κ3) is 5.71. The van der Waals surface area contributed by atoms with Crippen molar-refractivity contribution in [2.24, 2.45) is 0 Å². The van der Waals surface area contributed by atoms with Crippen LogP contribution in [0.5, 0.6) is 0 Å². The smallest absolute Gasteiger partial charge is 0.0159 e. The first-order valence-electron chi connectivity index (χ1n) is 23.8. The molecule has 0 N–H and O–H groups in total. The second-order valence-electron chi connectivity index (χ2n) is 19.1. The van der Waals surface area contributed by atoms with Crippen LogP contribution in [0.25, 0.3) is 110 Å². The number of rotatable bonds is 6. The van der Waals surface area contributed by atoms with Crippen LogP contribution in [0.1, 0.15) is 25.0 Å². The third-order valence-electron chi connectivity index (χ3n) is 15.1. The number of fused-ring (bicyclic) bond motifs is 10. The highest BCUT2D eigenvalue weighted by molar-refractivity contribution is 7.80. The highest BCUT2D eigenvalue weighted by Gasteiger charge is 2.40. The zero-order chi connectivity index (χ0) is 45.1. The fourth-order valence-corrected chi connectivity index (χ4v) is 14.7. The Bertz CT molecular complexity index is 3940. The van der Waals surface area contributed by atoms with E-state index in [9.17, 15) is 0 Å². The summed E-state index contributed by atoms with van der Waals surface area (Å²) in [5, 5.41) is 14.6. The molecule has 0 amide bonds. The Labute approximate surface area is 398 Å². The van der Waals surface area contributed by atoms with Crippen LogP contribution in [-0.2, 0) is 5.41 Å². The molecule has 12 aromatic rings. The molecule has 2 aliphatic carbocycles. The van der Waals surface area contributed by atoms with Crippen molar-refractivity contribution < 1.29 is 0 Å². The highest BCUT2D eigenvalue weighted by Crippen LogP contribution is 2.62. The lowest BCUT2D eigenvalue weighted by Gasteiger charge is -2.24. The van der Waals surface area contributed by atoms with Gasteiger partial charge in [0.1, 0.15) is 0 Å². The Hall–Kier alpha value is -7.89. The quantitative estimate of drug-likeness (QED) is 0.146. The van der Waals surface area contributed by atoms with Crippen LogP contribution >= 0.6 is 7.92 Å². The SMILES string of the molecule is CC1(C)c2cc(-c3ccc(P(c4cccc5ccccc45)c4cccc5ccccc45)cc3)ccc2-c2c1cc1c3c(cccc23)-c2c-1c(-c1ccccc1)c1ccccc1c2-c1ccccc1. The lowest BCUT2D eigenvalue weighted by molar-refractivity contribution is 0.661. The standard InChI is InChI=1S/C67H45P/c1-67(2)57-40-47(42-34-37-48(38-35-42)68(59-32-15-24-43-18-9-11-26-49(43)59)60-33-16-25-44-19-10-12-27-50(44)60)36-39-53(57)64-54-30-17-31-55-63(54)56(41-58(64)67)66-62(46-22-7-4-8-23-46)52-29-14-13-28-51(52)61(65(55)66)45-20-5-3-6-21-45/h3-41H,1-2H3. The maximum absolute atomic E-state index is 2.58. The molecule has 0 unspecified atom stereocenters. The monoisotopic (exact) mass is 880 g/mol. The summed E-state index contributed by atoms with van der Waals surface area (Å²) in [6.07, 6.45) is 0. The second kappa shape index (κ2) is 15.1. The fourth-order valence-electron chi connectivity index (χ4n) is 12.1. The summed E-state index contributed by atoms with van der Waals surface area (Å²) in [5.74, 6) is 0. The van der Waals surface area contributed by atoms with E-state index in [1.165, 1.54) is 137 Å². The van der Waals surface area contributed by atoms with Gasteiger partial charge in [-0.1, -0.05) is 238 Å². The summed E-state index contributed by atoms with van der Waals surface area (Å²) >= 11 is 0. The van der Waals surface area contributed by atoms with Crippen molar-refractivity contribution in [3.63, 3.8) is 0 Å². The highest BCUT2D eigenvalue weighted by atomic mass is 31.1. The van der Waals surface area contributed by atoms with Crippen molar-refractivity contribution in [2.45, 2.75) is 19.3 Å². The molecule has 0 saturated heterocycles. The molecule has 0 atom stereocenters. The topological polar surface area (TPSA) is 0 Å². The summed E-state index contributed by atoms with van der Waals surface area (Å²) in [6, 6.07) is 89.0. The van der Waals surface area contributed by atoms with E-state index >= 15 is 0 Å². The molecule has 0 fully saturated rings. The Kier molecular flexibility index (Phi) is 8.70. The van der Waals surface area contributed by atoms with Gasteiger partial charge in [0.2, 0.25) is 0 Å². The predicted octanol–water partition coefficient (Wildman–Crippen LogP) is 17.0. The van der Waals surface area contributed by atoms with Crippen molar-refractivity contribution in [1.82, 2.24) is 0 Å². The van der Waals surface area contributed by atoms with E-state index in [1.807, 2.05) is 0 Å². The molecule has 0 saturated carbocycles. The van der Waals surface area contributed by atoms with E-state index in [-0.39, 0.29) is 5.41 Å². The first kappa shape index (κ1) is 39.3.